The van der Waals surface area contributed by atoms with Crippen LogP contribution in [0, 0.1) is 6.92 Å². The van der Waals surface area contributed by atoms with E-state index in [1.165, 1.54) is 11.3 Å². The molecular formula is C15H21ClN2O. The van der Waals surface area contributed by atoms with Crippen LogP contribution in [0.15, 0.2) is 24.3 Å². The zero-order chi connectivity index (χ0) is 13.7. The van der Waals surface area contributed by atoms with E-state index in [4.69, 9.17) is 11.6 Å². The number of aryl methyl sites for hydroxylation is 1. The van der Waals surface area contributed by atoms with Crippen LogP contribution in [0.3, 0.4) is 0 Å². The van der Waals surface area contributed by atoms with Crippen molar-refractivity contribution in [2.75, 3.05) is 37.0 Å². The molecule has 0 spiro atoms. The molecule has 3 nitrogen and oxygen atoms in total. The first kappa shape index (κ1) is 14.2. The van der Waals surface area contributed by atoms with Crippen molar-refractivity contribution in [3.63, 3.8) is 0 Å². The van der Waals surface area contributed by atoms with Crippen molar-refractivity contribution in [2.24, 2.45) is 0 Å². The second-order valence-corrected chi connectivity index (χ2v) is 5.32. The van der Waals surface area contributed by atoms with E-state index in [1.807, 2.05) is 4.90 Å². The summed E-state index contributed by atoms with van der Waals surface area (Å²) in [5.74, 6) is 0.805. The maximum atomic E-state index is 11.9. The van der Waals surface area contributed by atoms with Crippen LogP contribution >= 0.6 is 11.6 Å². The molecule has 1 amide bonds. The summed E-state index contributed by atoms with van der Waals surface area (Å²) in [4.78, 5) is 16.2. The molecule has 0 unspecified atom stereocenters. The summed E-state index contributed by atoms with van der Waals surface area (Å²) in [6.07, 6.45) is 1.35. The number of para-hydroxylation sites is 1. The molecule has 1 aromatic carbocycles. The van der Waals surface area contributed by atoms with E-state index in [-0.39, 0.29) is 5.91 Å². The van der Waals surface area contributed by atoms with Gasteiger partial charge in [-0.3, -0.25) is 4.79 Å². The Bertz CT molecular complexity index is 428. The number of benzene rings is 1. The van der Waals surface area contributed by atoms with Gasteiger partial charge in [-0.25, -0.2) is 0 Å². The van der Waals surface area contributed by atoms with Crippen molar-refractivity contribution in [1.29, 1.82) is 0 Å². The van der Waals surface area contributed by atoms with Crippen LogP contribution in [0.25, 0.3) is 0 Å². The van der Waals surface area contributed by atoms with Crippen LogP contribution in [0.2, 0.25) is 0 Å². The number of amides is 1. The molecule has 0 radical (unpaired) electrons. The Morgan fingerprint density at radius 3 is 2.53 bits per heavy atom. The number of hydrogen-bond donors (Lipinski definition) is 0. The quantitative estimate of drug-likeness (QED) is 0.792. The van der Waals surface area contributed by atoms with Gasteiger partial charge in [0.15, 0.2) is 0 Å². The van der Waals surface area contributed by atoms with Crippen molar-refractivity contribution in [2.45, 2.75) is 19.8 Å². The summed E-state index contributed by atoms with van der Waals surface area (Å²) >= 11 is 5.63. The number of halogens is 1. The van der Waals surface area contributed by atoms with Gasteiger partial charge in [-0.1, -0.05) is 18.2 Å². The number of carbonyl (C=O) groups is 1. The summed E-state index contributed by atoms with van der Waals surface area (Å²) in [7, 11) is 0. The van der Waals surface area contributed by atoms with E-state index in [1.54, 1.807) is 0 Å². The van der Waals surface area contributed by atoms with Crippen molar-refractivity contribution < 1.29 is 4.79 Å². The molecule has 1 aromatic rings. The molecule has 0 atom stereocenters. The zero-order valence-electron chi connectivity index (χ0n) is 11.4. The molecule has 4 heteroatoms. The largest absolute Gasteiger partial charge is 0.368 e. The van der Waals surface area contributed by atoms with Crippen molar-refractivity contribution in [3.8, 4) is 0 Å². The van der Waals surface area contributed by atoms with Gasteiger partial charge in [-0.2, -0.15) is 0 Å². The van der Waals surface area contributed by atoms with Gasteiger partial charge in [0.2, 0.25) is 5.91 Å². The Morgan fingerprint density at radius 2 is 1.89 bits per heavy atom. The molecule has 0 saturated carbocycles. The van der Waals surface area contributed by atoms with Gasteiger partial charge in [-0.15, -0.1) is 11.6 Å². The fourth-order valence-corrected chi connectivity index (χ4v) is 2.62. The summed E-state index contributed by atoms with van der Waals surface area (Å²) in [5.41, 5.74) is 2.58. The van der Waals surface area contributed by atoms with Crippen LogP contribution in [0.4, 0.5) is 5.69 Å². The van der Waals surface area contributed by atoms with Crippen molar-refractivity contribution in [1.82, 2.24) is 4.90 Å². The molecule has 1 fully saturated rings. The Hall–Kier alpha value is -1.22. The lowest BCUT2D eigenvalue weighted by atomic mass is 10.1. The van der Waals surface area contributed by atoms with E-state index in [9.17, 15) is 4.79 Å². The minimum absolute atomic E-state index is 0.241. The Balaban J connectivity index is 1.89. The third-order valence-corrected chi connectivity index (χ3v) is 3.88. The molecule has 104 valence electrons. The minimum Gasteiger partial charge on any atom is -0.368 e. The molecule has 1 aliphatic rings. The highest BCUT2D eigenvalue weighted by molar-refractivity contribution is 6.17. The van der Waals surface area contributed by atoms with E-state index in [0.29, 0.717) is 12.3 Å². The van der Waals surface area contributed by atoms with Crippen molar-refractivity contribution in [3.05, 3.63) is 29.8 Å². The zero-order valence-corrected chi connectivity index (χ0v) is 12.2. The minimum atomic E-state index is 0.241. The normalized spacial score (nSPS) is 15.7. The first-order valence-corrected chi connectivity index (χ1v) is 7.40. The SMILES string of the molecule is Cc1ccccc1N1CCN(C(=O)CCCCl)CC1. The number of hydrogen-bond acceptors (Lipinski definition) is 2. The van der Waals surface area contributed by atoms with E-state index >= 15 is 0 Å². The number of alkyl halides is 1. The first-order chi connectivity index (χ1) is 9.22. The van der Waals surface area contributed by atoms with Gasteiger partial charge >= 0.3 is 0 Å². The van der Waals surface area contributed by atoms with Gasteiger partial charge in [0.25, 0.3) is 0 Å². The lowest BCUT2D eigenvalue weighted by molar-refractivity contribution is -0.131. The first-order valence-electron chi connectivity index (χ1n) is 6.86. The average molecular weight is 281 g/mol. The number of rotatable bonds is 4. The molecule has 2 rings (SSSR count). The Labute approximate surface area is 120 Å². The smallest absolute Gasteiger partial charge is 0.222 e. The Kier molecular flexibility index (Phi) is 5.08. The highest BCUT2D eigenvalue weighted by Gasteiger charge is 2.21. The van der Waals surface area contributed by atoms with Gasteiger partial charge in [0.1, 0.15) is 0 Å². The fraction of sp³-hybridized carbons (Fsp3) is 0.533. The van der Waals surface area contributed by atoms with E-state index < -0.39 is 0 Å². The fourth-order valence-electron chi connectivity index (χ4n) is 2.49. The maximum Gasteiger partial charge on any atom is 0.222 e. The van der Waals surface area contributed by atoms with Gasteiger partial charge < -0.3 is 9.80 Å². The molecule has 19 heavy (non-hydrogen) atoms. The van der Waals surface area contributed by atoms with Crippen LogP contribution in [0.1, 0.15) is 18.4 Å². The molecular weight excluding hydrogens is 260 g/mol. The highest BCUT2D eigenvalue weighted by atomic mass is 35.5. The summed E-state index contributed by atoms with van der Waals surface area (Å²) < 4.78 is 0. The van der Waals surface area contributed by atoms with Crippen LogP contribution < -0.4 is 4.90 Å². The van der Waals surface area contributed by atoms with Crippen LogP contribution in [-0.2, 0) is 4.79 Å². The molecule has 0 bridgehead atoms. The van der Waals surface area contributed by atoms with Crippen LogP contribution in [0.5, 0.6) is 0 Å². The Morgan fingerprint density at radius 1 is 1.21 bits per heavy atom. The third kappa shape index (κ3) is 3.63. The van der Waals surface area contributed by atoms with Crippen molar-refractivity contribution >= 4 is 23.2 Å². The number of piperazine rings is 1. The maximum absolute atomic E-state index is 11.9. The van der Waals surface area contributed by atoms with Gasteiger partial charge in [0, 0.05) is 44.2 Å². The number of nitrogens with zero attached hydrogens (tertiary/aromatic N) is 2. The monoisotopic (exact) mass is 280 g/mol. The second kappa shape index (κ2) is 6.80. The predicted molar refractivity (Wildman–Crippen MR) is 79.9 cm³/mol. The molecule has 0 aliphatic carbocycles. The molecule has 1 heterocycles. The lowest BCUT2D eigenvalue weighted by Crippen LogP contribution is -2.49. The van der Waals surface area contributed by atoms with Crippen LogP contribution in [-0.4, -0.2) is 42.9 Å². The van der Waals surface area contributed by atoms with E-state index in [2.05, 4.69) is 36.1 Å². The van der Waals surface area contributed by atoms with E-state index in [0.717, 1.165) is 32.6 Å². The third-order valence-electron chi connectivity index (χ3n) is 3.61. The standard InChI is InChI=1S/C15H21ClN2O/c1-13-5-2-3-6-14(13)17-9-11-18(12-10-17)15(19)7-4-8-16/h2-3,5-6H,4,7-12H2,1H3. The summed E-state index contributed by atoms with van der Waals surface area (Å²) in [6, 6.07) is 8.42. The second-order valence-electron chi connectivity index (χ2n) is 4.95. The molecule has 0 aromatic heterocycles. The number of carbonyl (C=O) groups excluding carboxylic acids is 1. The van der Waals surface area contributed by atoms with Gasteiger partial charge in [0.05, 0.1) is 0 Å². The molecule has 1 aliphatic heterocycles. The highest BCUT2D eigenvalue weighted by Crippen LogP contribution is 2.20. The topological polar surface area (TPSA) is 23.6 Å². The molecule has 1 saturated heterocycles. The average Bonchev–Trinajstić information content (AvgIpc) is 2.45. The number of anilines is 1. The van der Waals surface area contributed by atoms with Gasteiger partial charge in [-0.05, 0) is 25.0 Å². The summed E-state index contributed by atoms with van der Waals surface area (Å²) in [6.45, 7) is 5.59. The lowest BCUT2D eigenvalue weighted by Gasteiger charge is -2.36. The predicted octanol–water partition coefficient (Wildman–Crippen LogP) is 2.66. The summed E-state index contributed by atoms with van der Waals surface area (Å²) in [5, 5.41) is 0. The molecule has 0 N–H and O–H groups in total.